The van der Waals surface area contributed by atoms with Crippen molar-refractivity contribution in [3.05, 3.63) is 71.9 Å². The van der Waals surface area contributed by atoms with E-state index in [4.69, 9.17) is 9.84 Å². The molecule has 0 aliphatic heterocycles. The van der Waals surface area contributed by atoms with E-state index in [1.54, 1.807) is 10.8 Å². The predicted octanol–water partition coefficient (Wildman–Crippen LogP) is 5.54. The summed E-state index contributed by atoms with van der Waals surface area (Å²) in [5.41, 5.74) is 3.18. The number of aromatic nitrogens is 2. The molecule has 6 heteroatoms. The highest BCUT2D eigenvalue weighted by Gasteiger charge is 2.15. The van der Waals surface area contributed by atoms with Crippen molar-refractivity contribution >= 4 is 12.0 Å². The van der Waals surface area contributed by atoms with Crippen LogP contribution in [0.2, 0.25) is 0 Å². The lowest BCUT2D eigenvalue weighted by Crippen LogP contribution is -2.23. The number of para-hydroxylation sites is 1. The molecule has 6 nitrogen and oxygen atoms in total. The van der Waals surface area contributed by atoms with Crippen molar-refractivity contribution in [1.82, 2.24) is 15.1 Å². The minimum Gasteiger partial charge on any atom is -0.494 e. The van der Waals surface area contributed by atoms with Gasteiger partial charge in [0.25, 0.3) is 5.91 Å². The molecule has 170 valence electrons. The van der Waals surface area contributed by atoms with E-state index < -0.39 is 5.91 Å². The number of hydrogen-bond donors (Lipinski definition) is 1. The topological polar surface area (TPSA) is 79.9 Å². The summed E-state index contributed by atoms with van der Waals surface area (Å²) in [6.07, 6.45) is 8.07. The number of benzene rings is 2. The summed E-state index contributed by atoms with van der Waals surface area (Å²) < 4.78 is 7.61. The van der Waals surface area contributed by atoms with Crippen LogP contribution in [-0.2, 0) is 4.79 Å². The van der Waals surface area contributed by atoms with E-state index in [2.05, 4.69) is 12.2 Å². The number of ether oxygens (including phenoxy) is 1. The quantitative estimate of drug-likeness (QED) is 0.240. The number of rotatable bonds is 11. The number of unbranched alkanes of at least 4 members (excludes halogenated alkanes) is 3. The van der Waals surface area contributed by atoms with Gasteiger partial charge in [-0.15, -0.1) is 0 Å². The molecule has 0 aliphatic rings. The van der Waals surface area contributed by atoms with Crippen LogP contribution < -0.4 is 10.1 Å². The van der Waals surface area contributed by atoms with E-state index in [1.165, 1.54) is 19.3 Å². The highest BCUT2D eigenvalue weighted by Crippen LogP contribution is 2.27. The number of nitriles is 1. The molecule has 1 heterocycles. The zero-order valence-corrected chi connectivity index (χ0v) is 19.3. The fraction of sp³-hybridized carbons (Fsp3) is 0.296. The van der Waals surface area contributed by atoms with Gasteiger partial charge in [0, 0.05) is 23.9 Å². The van der Waals surface area contributed by atoms with Gasteiger partial charge >= 0.3 is 0 Å². The largest absolute Gasteiger partial charge is 0.494 e. The second kappa shape index (κ2) is 12.3. The third kappa shape index (κ3) is 6.56. The summed E-state index contributed by atoms with van der Waals surface area (Å²) in [6.45, 7) is 5.17. The molecule has 1 aromatic heterocycles. The zero-order chi connectivity index (χ0) is 23.5. The standard InChI is InChI=1S/C27H30N4O2/c1-3-5-6-10-17-33-25-15-13-21(14-16-25)26-23(18-22(19-28)27(32)29-4-2)20-31(30-26)24-11-8-7-9-12-24/h7-9,11-16,18,20H,3-6,10,17H2,1-2H3,(H,29,32)/b22-18+. The van der Waals surface area contributed by atoms with Gasteiger partial charge in [0.2, 0.25) is 0 Å². The maximum atomic E-state index is 12.3. The normalized spacial score (nSPS) is 11.1. The fourth-order valence-corrected chi connectivity index (χ4v) is 3.42. The summed E-state index contributed by atoms with van der Waals surface area (Å²) in [7, 11) is 0. The molecule has 0 bridgehead atoms. The van der Waals surface area contributed by atoms with Gasteiger partial charge in [0.05, 0.1) is 18.0 Å². The van der Waals surface area contributed by atoms with Crippen molar-refractivity contribution < 1.29 is 9.53 Å². The monoisotopic (exact) mass is 442 g/mol. The Bertz CT molecular complexity index is 1110. The Balaban J connectivity index is 1.90. The highest BCUT2D eigenvalue weighted by molar-refractivity contribution is 6.02. The van der Waals surface area contributed by atoms with Gasteiger partial charge in [-0.1, -0.05) is 44.4 Å². The maximum Gasteiger partial charge on any atom is 0.261 e. The van der Waals surface area contributed by atoms with Gasteiger partial charge in [-0.05, 0) is 55.8 Å². The molecule has 0 unspecified atom stereocenters. The first-order valence-corrected chi connectivity index (χ1v) is 11.4. The van der Waals surface area contributed by atoms with Crippen LogP contribution >= 0.6 is 0 Å². The Hall–Kier alpha value is -3.85. The van der Waals surface area contributed by atoms with Crippen molar-refractivity contribution in [2.75, 3.05) is 13.2 Å². The van der Waals surface area contributed by atoms with Gasteiger partial charge in [0.1, 0.15) is 17.4 Å². The molecule has 0 saturated carbocycles. The van der Waals surface area contributed by atoms with E-state index in [-0.39, 0.29) is 5.57 Å². The van der Waals surface area contributed by atoms with E-state index in [1.807, 2.05) is 73.8 Å². The molecule has 0 aliphatic carbocycles. The molecule has 0 fully saturated rings. The smallest absolute Gasteiger partial charge is 0.261 e. The lowest BCUT2D eigenvalue weighted by Gasteiger charge is -2.07. The number of likely N-dealkylation sites (N-methyl/N-ethyl adjacent to an activating group) is 1. The van der Waals surface area contributed by atoms with Gasteiger partial charge in [-0.25, -0.2) is 4.68 Å². The number of hydrogen-bond acceptors (Lipinski definition) is 4. The molecular formula is C27H30N4O2. The fourth-order valence-electron chi connectivity index (χ4n) is 3.42. The number of amides is 1. The maximum absolute atomic E-state index is 12.3. The first kappa shape index (κ1) is 23.8. The molecule has 3 rings (SSSR count). The molecule has 1 amide bonds. The van der Waals surface area contributed by atoms with E-state index in [0.29, 0.717) is 24.4 Å². The third-order valence-electron chi connectivity index (χ3n) is 5.16. The molecule has 3 aromatic rings. The Morgan fingerprint density at radius 1 is 1.09 bits per heavy atom. The van der Waals surface area contributed by atoms with Gasteiger partial charge < -0.3 is 10.1 Å². The Morgan fingerprint density at radius 3 is 2.52 bits per heavy atom. The SMILES string of the molecule is CCCCCCOc1ccc(-c2nn(-c3ccccc3)cc2/C=C(\C#N)C(=O)NCC)cc1. The lowest BCUT2D eigenvalue weighted by molar-refractivity contribution is -0.116. The zero-order valence-electron chi connectivity index (χ0n) is 19.3. The predicted molar refractivity (Wildman–Crippen MR) is 131 cm³/mol. The summed E-state index contributed by atoms with van der Waals surface area (Å²) in [5, 5.41) is 17.0. The van der Waals surface area contributed by atoms with Gasteiger partial charge in [0.15, 0.2) is 0 Å². The Morgan fingerprint density at radius 2 is 1.85 bits per heavy atom. The van der Waals surface area contributed by atoms with Crippen LogP contribution in [0.4, 0.5) is 0 Å². The molecular weight excluding hydrogens is 412 g/mol. The summed E-state index contributed by atoms with van der Waals surface area (Å²) >= 11 is 0. The van der Waals surface area contributed by atoms with Gasteiger partial charge in [-0.2, -0.15) is 10.4 Å². The first-order chi connectivity index (χ1) is 16.2. The Labute approximate surface area is 195 Å². The third-order valence-corrected chi connectivity index (χ3v) is 5.16. The summed E-state index contributed by atoms with van der Waals surface area (Å²) in [5.74, 6) is 0.417. The molecule has 0 radical (unpaired) electrons. The second-order valence-electron chi connectivity index (χ2n) is 7.68. The molecule has 33 heavy (non-hydrogen) atoms. The van der Waals surface area contributed by atoms with Crippen LogP contribution in [0.3, 0.4) is 0 Å². The van der Waals surface area contributed by atoms with Crippen molar-refractivity contribution in [2.45, 2.75) is 39.5 Å². The molecule has 0 spiro atoms. The second-order valence-corrected chi connectivity index (χ2v) is 7.68. The minimum atomic E-state index is -0.398. The number of nitrogens with one attached hydrogen (secondary N) is 1. The van der Waals surface area contributed by atoms with Crippen LogP contribution in [0.25, 0.3) is 23.0 Å². The van der Waals surface area contributed by atoms with E-state index >= 15 is 0 Å². The Kier molecular flexibility index (Phi) is 8.84. The minimum absolute atomic E-state index is 0.0396. The van der Waals surface area contributed by atoms with Crippen LogP contribution in [0.1, 0.15) is 45.1 Å². The first-order valence-electron chi connectivity index (χ1n) is 11.4. The van der Waals surface area contributed by atoms with Crippen molar-refractivity contribution in [2.24, 2.45) is 0 Å². The van der Waals surface area contributed by atoms with Crippen LogP contribution in [0.5, 0.6) is 5.75 Å². The highest BCUT2D eigenvalue weighted by atomic mass is 16.5. The van der Waals surface area contributed by atoms with Crippen LogP contribution in [-0.4, -0.2) is 28.8 Å². The van der Waals surface area contributed by atoms with E-state index in [0.717, 1.165) is 23.4 Å². The van der Waals surface area contributed by atoms with Crippen molar-refractivity contribution in [3.63, 3.8) is 0 Å². The van der Waals surface area contributed by atoms with E-state index in [9.17, 15) is 10.1 Å². The van der Waals surface area contributed by atoms with Crippen molar-refractivity contribution in [3.8, 4) is 28.8 Å². The molecule has 1 N–H and O–H groups in total. The average Bonchev–Trinajstić information content (AvgIpc) is 3.27. The average molecular weight is 443 g/mol. The lowest BCUT2D eigenvalue weighted by atomic mass is 10.1. The van der Waals surface area contributed by atoms with Gasteiger partial charge in [-0.3, -0.25) is 4.79 Å². The van der Waals surface area contributed by atoms with Crippen LogP contribution in [0.15, 0.2) is 66.4 Å². The number of carbonyl (C=O) groups excluding carboxylic acids is 1. The molecule has 2 aromatic carbocycles. The summed E-state index contributed by atoms with van der Waals surface area (Å²) in [6, 6.07) is 19.5. The number of carbonyl (C=O) groups is 1. The molecule has 0 saturated heterocycles. The van der Waals surface area contributed by atoms with Crippen LogP contribution in [0, 0.1) is 11.3 Å². The summed E-state index contributed by atoms with van der Waals surface area (Å²) in [4.78, 5) is 12.3. The van der Waals surface area contributed by atoms with Crippen molar-refractivity contribution in [1.29, 1.82) is 5.26 Å². The number of nitrogens with zero attached hydrogens (tertiary/aromatic N) is 3. The molecule has 0 atom stereocenters.